The lowest BCUT2D eigenvalue weighted by Gasteiger charge is -2.36. The van der Waals surface area contributed by atoms with E-state index in [-0.39, 0.29) is 18.4 Å². The fraction of sp³-hybridized carbons (Fsp3) is 0.556. The lowest BCUT2D eigenvalue weighted by atomic mass is 10.2. The van der Waals surface area contributed by atoms with Gasteiger partial charge in [0.05, 0.1) is 25.4 Å². The summed E-state index contributed by atoms with van der Waals surface area (Å²) in [5.41, 5.74) is 1.10. The molecule has 138 valence electrons. The topological polar surface area (TPSA) is 65.1 Å². The molecule has 1 saturated heterocycles. The summed E-state index contributed by atoms with van der Waals surface area (Å²) in [5, 5.41) is 2.53. The van der Waals surface area contributed by atoms with E-state index in [0.717, 1.165) is 37.6 Å². The number of para-hydroxylation sites is 2. The predicted molar refractivity (Wildman–Crippen MR) is 98.0 cm³/mol. The Morgan fingerprint density at radius 1 is 1.20 bits per heavy atom. The average molecular weight is 348 g/mol. The van der Waals surface area contributed by atoms with E-state index in [9.17, 15) is 9.59 Å². The summed E-state index contributed by atoms with van der Waals surface area (Å²) < 4.78 is 5.71. The van der Waals surface area contributed by atoms with Crippen LogP contribution in [-0.4, -0.2) is 81.6 Å². The molecule has 0 aliphatic carbocycles. The van der Waals surface area contributed by atoms with Gasteiger partial charge in [0.1, 0.15) is 5.75 Å². The summed E-state index contributed by atoms with van der Waals surface area (Å²) in [4.78, 5) is 29.5. The molecule has 0 spiro atoms. The molecule has 0 atom stereocenters. The van der Waals surface area contributed by atoms with Gasteiger partial charge in [0.25, 0.3) is 0 Å². The first-order chi connectivity index (χ1) is 12.0. The van der Waals surface area contributed by atoms with E-state index in [1.54, 1.807) is 14.1 Å². The number of nitrogens with zero attached hydrogens (tertiary/aromatic N) is 3. The van der Waals surface area contributed by atoms with Gasteiger partial charge in [-0.15, -0.1) is 0 Å². The number of hydrogen-bond donors (Lipinski definition) is 1. The molecule has 1 aromatic rings. The minimum atomic E-state index is -0.159. The molecule has 0 radical (unpaired) electrons. The second-order valence-corrected chi connectivity index (χ2v) is 6.09. The zero-order chi connectivity index (χ0) is 18.2. The zero-order valence-electron chi connectivity index (χ0n) is 15.3. The molecule has 7 heteroatoms. The molecule has 1 N–H and O–H groups in total. The van der Waals surface area contributed by atoms with Gasteiger partial charge in [0.15, 0.2) is 0 Å². The van der Waals surface area contributed by atoms with Crippen LogP contribution >= 0.6 is 0 Å². The number of likely N-dealkylation sites (N-methyl/N-ethyl adjacent to an activating group) is 2. The van der Waals surface area contributed by atoms with Crippen LogP contribution in [0.3, 0.4) is 0 Å². The van der Waals surface area contributed by atoms with Crippen molar-refractivity contribution in [2.75, 3.05) is 64.9 Å². The van der Waals surface area contributed by atoms with Gasteiger partial charge in [-0.1, -0.05) is 12.1 Å². The van der Waals surface area contributed by atoms with E-state index >= 15 is 0 Å². The summed E-state index contributed by atoms with van der Waals surface area (Å²) in [6.45, 7) is 6.36. The number of carbonyl (C=O) groups is 2. The first-order valence-corrected chi connectivity index (χ1v) is 8.68. The van der Waals surface area contributed by atoms with Crippen LogP contribution in [-0.2, 0) is 9.59 Å². The highest BCUT2D eigenvalue weighted by atomic mass is 16.5. The number of amides is 2. The van der Waals surface area contributed by atoms with Crippen LogP contribution in [0.15, 0.2) is 24.3 Å². The number of anilines is 1. The van der Waals surface area contributed by atoms with E-state index < -0.39 is 0 Å². The maximum atomic E-state index is 12.2. The van der Waals surface area contributed by atoms with Crippen molar-refractivity contribution in [1.29, 1.82) is 0 Å². The fourth-order valence-corrected chi connectivity index (χ4v) is 2.84. The number of hydrogen-bond acceptors (Lipinski definition) is 5. The van der Waals surface area contributed by atoms with Gasteiger partial charge in [-0.2, -0.15) is 0 Å². The number of piperazine rings is 1. The van der Waals surface area contributed by atoms with E-state index in [4.69, 9.17) is 4.74 Å². The lowest BCUT2D eigenvalue weighted by molar-refractivity contribution is -0.135. The van der Waals surface area contributed by atoms with Crippen molar-refractivity contribution < 1.29 is 14.3 Å². The quantitative estimate of drug-likeness (QED) is 0.773. The zero-order valence-corrected chi connectivity index (χ0v) is 15.3. The van der Waals surface area contributed by atoms with Gasteiger partial charge in [0.2, 0.25) is 11.8 Å². The van der Waals surface area contributed by atoms with Crippen molar-refractivity contribution >= 4 is 17.5 Å². The van der Waals surface area contributed by atoms with Crippen LogP contribution in [0.25, 0.3) is 0 Å². The van der Waals surface area contributed by atoms with Crippen LogP contribution in [0, 0.1) is 0 Å². The van der Waals surface area contributed by atoms with Crippen molar-refractivity contribution in [3.63, 3.8) is 0 Å². The minimum Gasteiger partial charge on any atom is -0.492 e. The summed E-state index contributed by atoms with van der Waals surface area (Å²) in [7, 11) is 3.23. The summed E-state index contributed by atoms with van der Waals surface area (Å²) >= 11 is 0. The number of benzene rings is 1. The molecular formula is C18H28N4O3. The first-order valence-electron chi connectivity index (χ1n) is 8.68. The monoisotopic (exact) mass is 348 g/mol. The van der Waals surface area contributed by atoms with Crippen molar-refractivity contribution in [3.8, 4) is 5.75 Å². The van der Waals surface area contributed by atoms with Gasteiger partial charge in [-0.3, -0.25) is 14.5 Å². The Morgan fingerprint density at radius 3 is 2.52 bits per heavy atom. The highest BCUT2D eigenvalue weighted by Gasteiger charge is 2.22. The van der Waals surface area contributed by atoms with Crippen LogP contribution in [0.1, 0.15) is 6.92 Å². The summed E-state index contributed by atoms with van der Waals surface area (Å²) in [5.74, 6) is 0.708. The fourth-order valence-electron chi connectivity index (χ4n) is 2.84. The smallest absolute Gasteiger partial charge is 0.239 e. The van der Waals surface area contributed by atoms with Crippen molar-refractivity contribution in [2.24, 2.45) is 0 Å². The molecule has 1 aliphatic rings. The van der Waals surface area contributed by atoms with E-state index in [0.29, 0.717) is 13.2 Å². The van der Waals surface area contributed by atoms with Gasteiger partial charge < -0.3 is 19.9 Å². The molecule has 1 heterocycles. The van der Waals surface area contributed by atoms with Gasteiger partial charge in [-0.25, -0.2) is 0 Å². The SMILES string of the molecule is CCOc1ccccc1N1CCN(CC(=O)N(C)CC(=O)NC)CC1. The van der Waals surface area contributed by atoms with Gasteiger partial charge in [0, 0.05) is 40.3 Å². The van der Waals surface area contributed by atoms with E-state index in [1.165, 1.54) is 4.90 Å². The van der Waals surface area contributed by atoms with Crippen molar-refractivity contribution in [1.82, 2.24) is 15.1 Å². The molecule has 0 bridgehead atoms. The molecule has 1 aromatic carbocycles. The maximum Gasteiger partial charge on any atom is 0.239 e. The minimum absolute atomic E-state index is 0.0354. The average Bonchev–Trinajstić information content (AvgIpc) is 2.63. The van der Waals surface area contributed by atoms with Crippen LogP contribution in [0.4, 0.5) is 5.69 Å². The van der Waals surface area contributed by atoms with Crippen molar-refractivity contribution in [2.45, 2.75) is 6.92 Å². The standard InChI is InChI=1S/C18H28N4O3/c1-4-25-16-8-6-5-7-15(16)22-11-9-21(10-12-22)14-18(24)20(3)13-17(23)19-2/h5-8H,4,9-14H2,1-3H3,(H,19,23). The molecule has 2 rings (SSSR count). The Balaban J connectivity index is 1.85. The Morgan fingerprint density at radius 2 is 1.88 bits per heavy atom. The Hall–Kier alpha value is -2.28. The predicted octanol–water partition coefficient (Wildman–Crippen LogP) is 0.412. The van der Waals surface area contributed by atoms with Crippen molar-refractivity contribution in [3.05, 3.63) is 24.3 Å². The summed E-state index contributed by atoms with van der Waals surface area (Å²) in [6.07, 6.45) is 0. The second-order valence-electron chi connectivity index (χ2n) is 6.09. The highest BCUT2D eigenvalue weighted by Crippen LogP contribution is 2.28. The summed E-state index contributed by atoms with van der Waals surface area (Å²) in [6, 6.07) is 8.05. The molecule has 2 amide bonds. The van der Waals surface area contributed by atoms with Gasteiger partial charge in [-0.05, 0) is 19.1 Å². The van der Waals surface area contributed by atoms with Crippen LogP contribution < -0.4 is 15.0 Å². The Kier molecular flexibility index (Phi) is 7.06. The van der Waals surface area contributed by atoms with E-state index in [2.05, 4.69) is 21.2 Å². The normalized spacial score (nSPS) is 14.9. The lowest BCUT2D eigenvalue weighted by Crippen LogP contribution is -2.50. The number of rotatable bonds is 7. The number of ether oxygens (including phenoxy) is 1. The third-order valence-corrected chi connectivity index (χ3v) is 4.32. The maximum absolute atomic E-state index is 12.2. The Bertz CT molecular complexity index is 585. The molecular weight excluding hydrogens is 320 g/mol. The number of carbonyl (C=O) groups excluding carboxylic acids is 2. The third kappa shape index (κ3) is 5.35. The van der Waals surface area contributed by atoms with Gasteiger partial charge >= 0.3 is 0 Å². The molecule has 7 nitrogen and oxygen atoms in total. The largest absolute Gasteiger partial charge is 0.492 e. The first kappa shape index (κ1) is 19.1. The highest BCUT2D eigenvalue weighted by molar-refractivity contribution is 5.85. The number of nitrogens with one attached hydrogen (secondary N) is 1. The third-order valence-electron chi connectivity index (χ3n) is 4.32. The Labute approximate surface area is 149 Å². The van der Waals surface area contributed by atoms with Crippen LogP contribution in [0.5, 0.6) is 5.75 Å². The molecule has 25 heavy (non-hydrogen) atoms. The molecule has 0 saturated carbocycles. The second kappa shape index (κ2) is 9.27. The molecule has 1 aliphatic heterocycles. The molecule has 0 unspecified atom stereocenters. The molecule has 1 fully saturated rings. The molecule has 0 aromatic heterocycles. The van der Waals surface area contributed by atoms with E-state index in [1.807, 2.05) is 25.1 Å². The van der Waals surface area contributed by atoms with Crippen LogP contribution in [0.2, 0.25) is 0 Å².